The van der Waals surface area contributed by atoms with E-state index in [1.54, 1.807) is 6.07 Å². The Morgan fingerprint density at radius 3 is 2.59 bits per heavy atom. The van der Waals surface area contributed by atoms with Gasteiger partial charge in [0.1, 0.15) is 17.9 Å². The largest absolute Gasteiger partial charge is 0.373 e. The molecular weight excluding hydrogens is 469 g/mol. The molecule has 1 fully saturated rings. The third kappa shape index (κ3) is 4.57. The molecule has 5 rings (SSSR count). The smallest absolute Gasteiger partial charge is 0.150 e. The van der Waals surface area contributed by atoms with Gasteiger partial charge < -0.3 is 10.4 Å². The van der Waals surface area contributed by atoms with Crippen LogP contribution in [-0.2, 0) is 19.3 Å². The quantitative estimate of drug-likeness (QED) is 0.415. The summed E-state index contributed by atoms with van der Waals surface area (Å²) in [6.45, 7) is 0. The van der Waals surface area contributed by atoms with E-state index in [4.69, 9.17) is 9.97 Å². The second-order valence-corrected chi connectivity index (χ2v) is 9.80. The first-order valence-corrected chi connectivity index (χ1v) is 12.2. The summed E-state index contributed by atoms with van der Waals surface area (Å²) in [5.41, 5.74) is 5.77. The highest BCUT2D eigenvalue weighted by Gasteiger charge is 2.27. The monoisotopic (exact) mass is 495 g/mol. The zero-order valence-corrected chi connectivity index (χ0v) is 19.5. The second-order valence-electron chi connectivity index (χ2n) is 8.88. The van der Waals surface area contributed by atoms with Crippen molar-refractivity contribution >= 4 is 21.7 Å². The fourth-order valence-electron chi connectivity index (χ4n) is 4.95. The fraction of sp³-hybridized carbons (Fsp3) is 0.385. The molecule has 2 aromatic carbocycles. The van der Waals surface area contributed by atoms with E-state index in [1.165, 1.54) is 25.3 Å². The fourth-order valence-corrected chi connectivity index (χ4v) is 5.21. The summed E-state index contributed by atoms with van der Waals surface area (Å²) in [6, 6.07) is 12.9. The summed E-state index contributed by atoms with van der Waals surface area (Å²) in [6.07, 6.45) is 7.00. The van der Waals surface area contributed by atoms with Gasteiger partial charge >= 0.3 is 0 Å². The minimum atomic E-state index is -0.754. The molecule has 32 heavy (non-hydrogen) atoms. The first-order valence-electron chi connectivity index (χ1n) is 11.5. The summed E-state index contributed by atoms with van der Waals surface area (Å²) in [5, 5.41) is 14.1. The minimum absolute atomic E-state index is 0.206. The minimum Gasteiger partial charge on any atom is -0.373 e. The summed E-state index contributed by atoms with van der Waals surface area (Å²) < 4.78 is 14.8. The Kier molecular flexibility index (Phi) is 6.24. The topological polar surface area (TPSA) is 58.0 Å². The normalized spacial score (nSPS) is 16.8. The van der Waals surface area contributed by atoms with Crippen LogP contribution in [0.15, 0.2) is 46.9 Å². The molecule has 6 heteroatoms. The molecule has 1 aromatic heterocycles. The molecule has 166 valence electrons. The zero-order valence-electron chi connectivity index (χ0n) is 18.0. The van der Waals surface area contributed by atoms with Crippen molar-refractivity contribution in [1.82, 2.24) is 9.97 Å². The predicted octanol–water partition coefficient (Wildman–Crippen LogP) is 6.16. The number of fused-ring (bicyclic) bond motifs is 3. The maximum atomic E-state index is 13.8. The van der Waals surface area contributed by atoms with E-state index in [0.29, 0.717) is 18.2 Å². The maximum Gasteiger partial charge on any atom is 0.150 e. The lowest BCUT2D eigenvalue weighted by molar-refractivity contribution is 0.203. The number of aliphatic hydroxyl groups excluding tert-OH is 1. The Balaban J connectivity index is 1.48. The van der Waals surface area contributed by atoms with Crippen molar-refractivity contribution in [3.05, 3.63) is 75.3 Å². The van der Waals surface area contributed by atoms with Crippen LogP contribution in [0, 0.1) is 5.82 Å². The molecule has 1 heterocycles. The van der Waals surface area contributed by atoms with Crippen LogP contribution in [0.2, 0.25) is 0 Å². The number of nitrogens with zero attached hydrogens (tertiary/aromatic N) is 2. The molecule has 0 aliphatic heterocycles. The lowest BCUT2D eigenvalue weighted by Crippen LogP contribution is -2.25. The summed E-state index contributed by atoms with van der Waals surface area (Å²) >= 11 is 3.45. The zero-order chi connectivity index (χ0) is 22.1. The van der Waals surface area contributed by atoms with E-state index in [2.05, 4.69) is 21.2 Å². The lowest BCUT2D eigenvalue weighted by atomic mass is 9.85. The number of hydrogen-bond acceptors (Lipinski definition) is 4. The van der Waals surface area contributed by atoms with Gasteiger partial charge in [0.05, 0.1) is 17.1 Å². The van der Waals surface area contributed by atoms with Gasteiger partial charge in [0.15, 0.2) is 0 Å². The SMILES string of the molecule is OC(Cc1ccc(Br)cc1)Nc1nc2c(nc1C1CCCCC1)-c1ccc(F)cc1CC2. The van der Waals surface area contributed by atoms with Crippen molar-refractivity contribution in [1.29, 1.82) is 0 Å². The molecule has 1 unspecified atom stereocenters. The first-order chi connectivity index (χ1) is 15.6. The van der Waals surface area contributed by atoms with Crippen molar-refractivity contribution in [2.75, 3.05) is 5.32 Å². The molecule has 2 aliphatic carbocycles. The van der Waals surface area contributed by atoms with Crippen molar-refractivity contribution in [3.63, 3.8) is 0 Å². The molecule has 2 aliphatic rings. The highest BCUT2D eigenvalue weighted by molar-refractivity contribution is 9.10. The molecule has 2 N–H and O–H groups in total. The Labute approximate surface area is 196 Å². The molecule has 0 saturated heterocycles. The highest BCUT2D eigenvalue weighted by Crippen LogP contribution is 2.39. The molecule has 1 saturated carbocycles. The van der Waals surface area contributed by atoms with Gasteiger partial charge in [0.2, 0.25) is 0 Å². The van der Waals surface area contributed by atoms with Gasteiger partial charge in [0.25, 0.3) is 0 Å². The van der Waals surface area contributed by atoms with Crippen LogP contribution in [0.4, 0.5) is 10.2 Å². The molecule has 0 radical (unpaired) electrons. The number of aliphatic hydroxyl groups is 1. The van der Waals surface area contributed by atoms with E-state index >= 15 is 0 Å². The van der Waals surface area contributed by atoms with Crippen LogP contribution in [-0.4, -0.2) is 21.3 Å². The molecule has 4 nitrogen and oxygen atoms in total. The Morgan fingerprint density at radius 2 is 1.81 bits per heavy atom. The third-order valence-electron chi connectivity index (χ3n) is 6.59. The van der Waals surface area contributed by atoms with E-state index in [-0.39, 0.29) is 5.82 Å². The summed E-state index contributed by atoms with van der Waals surface area (Å²) in [5.74, 6) is 0.822. The van der Waals surface area contributed by atoms with Crippen LogP contribution in [0.25, 0.3) is 11.3 Å². The van der Waals surface area contributed by atoms with Crippen molar-refractivity contribution in [3.8, 4) is 11.3 Å². The first kappa shape index (κ1) is 21.5. The van der Waals surface area contributed by atoms with Crippen LogP contribution >= 0.6 is 15.9 Å². The number of aryl methyl sites for hydroxylation is 2. The standard InChI is InChI=1S/C26H27BrFN3O/c27-19-9-6-16(7-10-19)14-23(32)30-26-24(17-4-2-1-3-5-17)31-25-21-12-11-20(28)15-18(21)8-13-22(25)29-26/h6-7,9-12,15,17,23,32H,1-5,8,13-14H2,(H,29,30). The Hall–Kier alpha value is -2.31. The van der Waals surface area contributed by atoms with Gasteiger partial charge in [-0.1, -0.05) is 47.3 Å². The molecule has 3 aromatic rings. The van der Waals surface area contributed by atoms with Crippen LogP contribution in [0.5, 0.6) is 0 Å². The molecule has 0 bridgehead atoms. The van der Waals surface area contributed by atoms with Crippen molar-refractivity contribution in [2.24, 2.45) is 0 Å². The highest BCUT2D eigenvalue weighted by atomic mass is 79.9. The average molecular weight is 496 g/mol. The number of nitrogens with one attached hydrogen (secondary N) is 1. The summed E-state index contributed by atoms with van der Waals surface area (Å²) in [4.78, 5) is 10.1. The number of benzene rings is 2. The van der Waals surface area contributed by atoms with Crippen molar-refractivity contribution < 1.29 is 9.50 Å². The van der Waals surface area contributed by atoms with E-state index < -0.39 is 6.23 Å². The maximum absolute atomic E-state index is 13.8. The molecule has 0 amide bonds. The molecular formula is C26H27BrFN3O. The van der Waals surface area contributed by atoms with E-state index in [0.717, 1.165) is 63.9 Å². The Morgan fingerprint density at radius 1 is 1.03 bits per heavy atom. The summed E-state index contributed by atoms with van der Waals surface area (Å²) in [7, 11) is 0. The van der Waals surface area contributed by atoms with Crippen LogP contribution in [0.3, 0.4) is 0 Å². The number of hydrogen-bond donors (Lipinski definition) is 2. The third-order valence-corrected chi connectivity index (χ3v) is 7.11. The van der Waals surface area contributed by atoms with Gasteiger partial charge in [-0.25, -0.2) is 14.4 Å². The predicted molar refractivity (Wildman–Crippen MR) is 128 cm³/mol. The van der Waals surface area contributed by atoms with Crippen LogP contribution in [0.1, 0.15) is 60.5 Å². The average Bonchev–Trinajstić information content (AvgIpc) is 2.80. The van der Waals surface area contributed by atoms with Gasteiger partial charge in [-0.05, 0) is 67.1 Å². The number of halogens is 2. The molecule has 1 atom stereocenters. The van der Waals surface area contributed by atoms with Gasteiger partial charge in [0, 0.05) is 22.4 Å². The van der Waals surface area contributed by atoms with Gasteiger partial charge in [-0.2, -0.15) is 0 Å². The van der Waals surface area contributed by atoms with E-state index in [9.17, 15) is 9.50 Å². The van der Waals surface area contributed by atoms with Gasteiger partial charge in [-0.15, -0.1) is 0 Å². The Bertz CT molecular complexity index is 1110. The molecule has 0 spiro atoms. The van der Waals surface area contributed by atoms with Gasteiger partial charge in [-0.3, -0.25) is 0 Å². The van der Waals surface area contributed by atoms with Crippen molar-refractivity contribution in [2.45, 2.75) is 63.5 Å². The number of anilines is 1. The van der Waals surface area contributed by atoms with E-state index in [1.807, 2.05) is 30.3 Å². The number of aromatic nitrogens is 2. The lowest BCUT2D eigenvalue weighted by Gasteiger charge is -2.27. The van der Waals surface area contributed by atoms with Crippen LogP contribution < -0.4 is 5.32 Å². The number of rotatable bonds is 5. The second kappa shape index (κ2) is 9.28.